The topological polar surface area (TPSA) is 85.4 Å². The Kier molecular flexibility index (Phi) is 6.61. The molecule has 0 saturated carbocycles. The molecule has 1 aromatic carbocycles. The molecule has 2 N–H and O–H groups in total. The van der Waals surface area contributed by atoms with Crippen molar-refractivity contribution < 1.29 is 8.42 Å². The smallest absolute Gasteiger partial charge is 0.185 e. The van der Waals surface area contributed by atoms with E-state index in [-0.39, 0.29) is 16.5 Å². The summed E-state index contributed by atoms with van der Waals surface area (Å²) in [5.41, 5.74) is 6.77. The second-order valence-corrected chi connectivity index (χ2v) is 9.00. The highest BCUT2D eigenvalue weighted by Crippen LogP contribution is 2.14. The van der Waals surface area contributed by atoms with Crippen LogP contribution in [0.1, 0.15) is 10.6 Å². The van der Waals surface area contributed by atoms with Crippen LogP contribution in [0.25, 0.3) is 0 Å². The second kappa shape index (κ2) is 8.47. The predicted octanol–water partition coefficient (Wildman–Crippen LogP) is 2.52. The van der Waals surface area contributed by atoms with Crippen LogP contribution in [0.2, 0.25) is 0 Å². The average Bonchev–Trinajstić information content (AvgIpc) is 3.00. The Morgan fingerprint density at radius 1 is 1.35 bits per heavy atom. The van der Waals surface area contributed by atoms with Crippen LogP contribution >= 0.6 is 23.1 Å². The molecule has 23 heavy (non-hydrogen) atoms. The molecule has 0 atom stereocenters. The summed E-state index contributed by atoms with van der Waals surface area (Å²) in [5, 5.41) is 3.02. The zero-order valence-electron chi connectivity index (χ0n) is 12.8. The van der Waals surface area contributed by atoms with Crippen molar-refractivity contribution in [1.82, 2.24) is 4.98 Å². The van der Waals surface area contributed by atoms with Gasteiger partial charge >= 0.3 is 0 Å². The molecule has 0 bridgehead atoms. The zero-order valence-corrected chi connectivity index (χ0v) is 15.3. The fraction of sp³-hybridized carbons (Fsp3) is 0.333. The highest BCUT2D eigenvalue weighted by molar-refractivity contribution is 7.98. The Hall–Kier alpha value is -1.38. The molecule has 124 valence electrons. The van der Waals surface area contributed by atoms with Crippen LogP contribution in [0.4, 0.5) is 0 Å². The second-order valence-electron chi connectivity index (χ2n) is 4.92. The Morgan fingerprint density at radius 2 is 2.09 bits per heavy atom. The first kappa shape index (κ1) is 18.0. The number of nitrogens with two attached hydrogens (primary N) is 1. The van der Waals surface area contributed by atoms with E-state index in [1.54, 1.807) is 53.6 Å². The standard InChI is InChI=1S/C15H19N3O2S3/c1-12-2-4-13(5-3-12)23(19,20)11-14(16)17-6-8-21-10-15-18-7-9-22-15/h2-5,7,9H,6,8,10-11H2,1H3,(H2,16,17). The quantitative estimate of drug-likeness (QED) is 0.439. The Bertz CT molecular complexity index is 739. The molecule has 2 rings (SSSR count). The molecule has 0 aliphatic heterocycles. The number of amidine groups is 1. The van der Waals surface area contributed by atoms with Crippen LogP contribution in [-0.2, 0) is 15.6 Å². The van der Waals surface area contributed by atoms with Crippen LogP contribution in [0.3, 0.4) is 0 Å². The first-order valence-electron chi connectivity index (χ1n) is 7.02. The lowest BCUT2D eigenvalue weighted by atomic mass is 10.2. The van der Waals surface area contributed by atoms with Crippen molar-refractivity contribution in [3.05, 3.63) is 46.4 Å². The van der Waals surface area contributed by atoms with Crippen LogP contribution in [-0.4, -0.2) is 37.3 Å². The number of benzene rings is 1. The Morgan fingerprint density at radius 3 is 2.74 bits per heavy atom. The number of rotatable bonds is 8. The van der Waals surface area contributed by atoms with E-state index in [0.29, 0.717) is 6.54 Å². The van der Waals surface area contributed by atoms with Gasteiger partial charge in [-0.2, -0.15) is 11.8 Å². The van der Waals surface area contributed by atoms with Crippen LogP contribution in [0.5, 0.6) is 0 Å². The number of thiazole rings is 1. The zero-order chi connectivity index (χ0) is 16.7. The van der Waals surface area contributed by atoms with Gasteiger partial charge in [-0.25, -0.2) is 13.4 Å². The summed E-state index contributed by atoms with van der Waals surface area (Å²) in [6, 6.07) is 6.74. The maximum absolute atomic E-state index is 12.2. The van der Waals surface area contributed by atoms with E-state index >= 15 is 0 Å². The fourth-order valence-electron chi connectivity index (χ4n) is 1.81. The maximum atomic E-state index is 12.2. The van der Waals surface area contributed by atoms with E-state index < -0.39 is 9.84 Å². The van der Waals surface area contributed by atoms with Crippen molar-refractivity contribution in [1.29, 1.82) is 0 Å². The van der Waals surface area contributed by atoms with Crippen molar-refractivity contribution in [3.8, 4) is 0 Å². The van der Waals surface area contributed by atoms with Crippen molar-refractivity contribution in [3.63, 3.8) is 0 Å². The highest BCUT2D eigenvalue weighted by atomic mass is 32.2. The molecule has 0 aliphatic carbocycles. The highest BCUT2D eigenvalue weighted by Gasteiger charge is 2.15. The molecular weight excluding hydrogens is 350 g/mol. The van der Waals surface area contributed by atoms with Gasteiger partial charge in [-0.15, -0.1) is 11.3 Å². The van der Waals surface area contributed by atoms with E-state index in [9.17, 15) is 8.42 Å². The minimum Gasteiger partial charge on any atom is -0.387 e. The first-order valence-corrected chi connectivity index (χ1v) is 10.7. The van der Waals surface area contributed by atoms with Crippen LogP contribution in [0.15, 0.2) is 45.7 Å². The lowest BCUT2D eigenvalue weighted by Crippen LogP contribution is -2.24. The van der Waals surface area contributed by atoms with Gasteiger partial charge < -0.3 is 5.73 Å². The Labute approximate surface area is 145 Å². The molecule has 0 spiro atoms. The van der Waals surface area contributed by atoms with Crippen LogP contribution < -0.4 is 5.73 Å². The molecule has 5 nitrogen and oxygen atoms in total. The molecule has 0 unspecified atom stereocenters. The van der Waals surface area contributed by atoms with Gasteiger partial charge in [0.15, 0.2) is 9.84 Å². The first-order chi connectivity index (χ1) is 11.0. The van der Waals surface area contributed by atoms with Gasteiger partial charge in [0.1, 0.15) is 16.6 Å². The molecule has 2 aromatic rings. The number of hydrogen-bond donors (Lipinski definition) is 1. The summed E-state index contributed by atoms with van der Waals surface area (Å²) in [7, 11) is -3.43. The molecular formula is C15H19N3O2S3. The molecule has 0 saturated heterocycles. The third kappa shape index (κ3) is 5.96. The van der Waals surface area contributed by atoms with Gasteiger partial charge in [0.05, 0.1) is 11.4 Å². The van der Waals surface area contributed by atoms with Gasteiger partial charge in [-0.05, 0) is 19.1 Å². The van der Waals surface area contributed by atoms with E-state index in [1.165, 1.54) is 0 Å². The average molecular weight is 370 g/mol. The summed E-state index contributed by atoms with van der Waals surface area (Å²) in [4.78, 5) is 8.62. The number of aryl methyl sites for hydroxylation is 1. The number of aliphatic imine (C=N–C) groups is 1. The lowest BCUT2D eigenvalue weighted by molar-refractivity contribution is 0.599. The van der Waals surface area contributed by atoms with Gasteiger partial charge in [0, 0.05) is 23.1 Å². The maximum Gasteiger partial charge on any atom is 0.185 e. The van der Waals surface area contributed by atoms with Gasteiger partial charge in [-0.3, -0.25) is 4.99 Å². The molecule has 0 radical (unpaired) electrons. The lowest BCUT2D eigenvalue weighted by Gasteiger charge is -2.05. The van der Waals surface area contributed by atoms with E-state index in [1.807, 2.05) is 12.3 Å². The summed E-state index contributed by atoms with van der Waals surface area (Å²) >= 11 is 3.33. The number of hydrogen-bond acceptors (Lipinski definition) is 6. The number of nitrogens with zero attached hydrogens (tertiary/aromatic N) is 2. The minimum absolute atomic E-state index is 0.153. The van der Waals surface area contributed by atoms with E-state index in [0.717, 1.165) is 22.1 Å². The van der Waals surface area contributed by atoms with Crippen molar-refractivity contribution in [2.75, 3.05) is 18.1 Å². The van der Waals surface area contributed by atoms with E-state index in [4.69, 9.17) is 5.73 Å². The number of thioether (sulfide) groups is 1. The van der Waals surface area contributed by atoms with Crippen molar-refractivity contribution in [2.45, 2.75) is 17.6 Å². The largest absolute Gasteiger partial charge is 0.387 e. The minimum atomic E-state index is -3.43. The molecule has 1 heterocycles. The molecule has 0 aliphatic rings. The summed E-state index contributed by atoms with van der Waals surface area (Å²) < 4.78 is 24.5. The molecule has 8 heteroatoms. The summed E-state index contributed by atoms with van der Waals surface area (Å²) in [5.74, 6) is 1.53. The third-order valence-electron chi connectivity index (χ3n) is 2.98. The number of aromatic nitrogens is 1. The van der Waals surface area contributed by atoms with Crippen molar-refractivity contribution >= 4 is 38.8 Å². The van der Waals surface area contributed by atoms with Gasteiger partial charge in [0.25, 0.3) is 0 Å². The molecule has 0 fully saturated rings. The van der Waals surface area contributed by atoms with E-state index in [2.05, 4.69) is 9.98 Å². The fourth-order valence-corrected chi connectivity index (χ4v) is 4.54. The molecule has 0 amide bonds. The Balaban J connectivity index is 1.80. The number of sulfone groups is 1. The van der Waals surface area contributed by atoms with Crippen molar-refractivity contribution in [2.24, 2.45) is 10.7 Å². The predicted molar refractivity (Wildman–Crippen MR) is 98.0 cm³/mol. The summed E-state index contributed by atoms with van der Waals surface area (Å²) in [6.07, 6.45) is 1.78. The van der Waals surface area contributed by atoms with Gasteiger partial charge in [-0.1, -0.05) is 17.7 Å². The third-order valence-corrected chi connectivity index (χ3v) is 6.55. The normalized spacial score (nSPS) is 12.5. The molecule has 1 aromatic heterocycles. The summed E-state index contributed by atoms with van der Waals surface area (Å²) in [6.45, 7) is 2.42. The monoisotopic (exact) mass is 369 g/mol. The van der Waals surface area contributed by atoms with Crippen LogP contribution in [0, 0.1) is 6.92 Å². The van der Waals surface area contributed by atoms with Gasteiger partial charge in [0.2, 0.25) is 0 Å². The SMILES string of the molecule is Cc1ccc(S(=O)(=O)CC(N)=NCCSCc2nccs2)cc1.